The molecule has 21 heavy (non-hydrogen) atoms. The van der Waals surface area contributed by atoms with E-state index in [0.717, 1.165) is 0 Å². The highest BCUT2D eigenvalue weighted by Crippen LogP contribution is 1.95. The molecule has 0 heterocycles. The third kappa shape index (κ3) is 8.82. The number of amides is 2. The number of nitrogens with one attached hydrogen (secondary N) is 1. The van der Waals surface area contributed by atoms with Crippen molar-refractivity contribution in [3.63, 3.8) is 0 Å². The summed E-state index contributed by atoms with van der Waals surface area (Å²) >= 11 is 0. The SMILES string of the molecule is CCOC(=O)CN(CCOC)C(=O)NCCC(O)C(=O)O. The highest BCUT2D eigenvalue weighted by molar-refractivity contribution is 5.81. The second kappa shape index (κ2) is 10.9. The molecule has 0 saturated carbocycles. The van der Waals surface area contributed by atoms with E-state index < -0.39 is 24.1 Å². The van der Waals surface area contributed by atoms with Crippen LogP contribution in [0, 0.1) is 0 Å². The minimum Gasteiger partial charge on any atom is -0.479 e. The Hall–Kier alpha value is -1.87. The maximum atomic E-state index is 11.9. The van der Waals surface area contributed by atoms with Crippen LogP contribution < -0.4 is 5.32 Å². The summed E-state index contributed by atoms with van der Waals surface area (Å²) in [6, 6.07) is -0.558. The Kier molecular flexibility index (Phi) is 9.90. The maximum Gasteiger partial charge on any atom is 0.332 e. The number of carboxylic acid groups (broad SMARTS) is 1. The van der Waals surface area contributed by atoms with Gasteiger partial charge in [0.25, 0.3) is 0 Å². The summed E-state index contributed by atoms with van der Waals surface area (Å²) < 4.78 is 9.60. The average Bonchev–Trinajstić information content (AvgIpc) is 2.43. The summed E-state index contributed by atoms with van der Waals surface area (Å²) in [5.41, 5.74) is 0. The summed E-state index contributed by atoms with van der Waals surface area (Å²) in [7, 11) is 1.46. The molecule has 9 heteroatoms. The number of carbonyl (C=O) groups is 3. The van der Waals surface area contributed by atoms with Crippen LogP contribution in [-0.4, -0.2) is 79.1 Å². The first-order valence-electron chi connectivity index (χ1n) is 6.50. The molecule has 0 aromatic heterocycles. The number of carboxylic acids is 1. The molecule has 0 aromatic rings. The van der Waals surface area contributed by atoms with Crippen LogP contribution in [0.2, 0.25) is 0 Å². The van der Waals surface area contributed by atoms with E-state index in [0.29, 0.717) is 0 Å². The van der Waals surface area contributed by atoms with Crippen LogP contribution in [0.1, 0.15) is 13.3 Å². The predicted molar refractivity (Wildman–Crippen MR) is 71.7 cm³/mol. The van der Waals surface area contributed by atoms with Crippen molar-refractivity contribution in [2.75, 3.05) is 40.0 Å². The molecule has 9 nitrogen and oxygen atoms in total. The summed E-state index contributed by atoms with van der Waals surface area (Å²) in [6.45, 7) is 2.03. The Balaban J connectivity index is 4.30. The minimum atomic E-state index is -1.54. The quantitative estimate of drug-likeness (QED) is 0.444. The number of aliphatic hydroxyl groups is 1. The lowest BCUT2D eigenvalue weighted by Crippen LogP contribution is -2.45. The van der Waals surface area contributed by atoms with Crippen molar-refractivity contribution in [2.45, 2.75) is 19.4 Å². The molecule has 0 bridgehead atoms. The lowest BCUT2D eigenvalue weighted by molar-refractivity contribution is -0.146. The van der Waals surface area contributed by atoms with Gasteiger partial charge in [-0.1, -0.05) is 0 Å². The van der Waals surface area contributed by atoms with Gasteiger partial charge in [-0.05, 0) is 6.92 Å². The molecule has 0 aliphatic carbocycles. The number of hydrogen-bond acceptors (Lipinski definition) is 6. The fourth-order valence-electron chi connectivity index (χ4n) is 1.37. The normalized spacial score (nSPS) is 11.6. The number of ether oxygens (including phenoxy) is 2. The van der Waals surface area contributed by atoms with E-state index in [1.807, 2.05) is 0 Å². The molecule has 0 aliphatic heterocycles. The molecule has 2 amide bonds. The fraction of sp³-hybridized carbons (Fsp3) is 0.750. The van der Waals surface area contributed by atoms with Crippen molar-refractivity contribution in [1.29, 1.82) is 0 Å². The van der Waals surface area contributed by atoms with Gasteiger partial charge in [-0.25, -0.2) is 9.59 Å². The van der Waals surface area contributed by atoms with Gasteiger partial charge in [0, 0.05) is 26.6 Å². The van der Waals surface area contributed by atoms with Crippen LogP contribution in [0.3, 0.4) is 0 Å². The zero-order valence-corrected chi connectivity index (χ0v) is 12.2. The number of urea groups is 1. The highest BCUT2D eigenvalue weighted by atomic mass is 16.5. The number of aliphatic hydroxyl groups excluding tert-OH is 1. The molecular formula is C12H22N2O7. The second-order valence-electron chi connectivity index (χ2n) is 4.09. The van der Waals surface area contributed by atoms with Gasteiger partial charge in [0.05, 0.1) is 13.2 Å². The third-order valence-corrected chi connectivity index (χ3v) is 2.46. The maximum absolute atomic E-state index is 11.9. The second-order valence-corrected chi connectivity index (χ2v) is 4.09. The number of esters is 1. The van der Waals surface area contributed by atoms with E-state index >= 15 is 0 Å². The first-order valence-corrected chi connectivity index (χ1v) is 6.50. The topological polar surface area (TPSA) is 125 Å². The highest BCUT2D eigenvalue weighted by Gasteiger charge is 2.18. The summed E-state index contributed by atoms with van der Waals surface area (Å²) in [5, 5.41) is 20.0. The van der Waals surface area contributed by atoms with Gasteiger partial charge in [0.2, 0.25) is 0 Å². The van der Waals surface area contributed by atoms with Crippen LogP contribution >= 0.6 is 0 Å². The third-order valence-electron chi connectivity index (χ3n) is 2.46. The zero-order chi connectivity index (χ0) is 16.3. The van der Waals surface area contributed by atoms with Gasteiger partial charge in [0.1, 0.15) is 6.54 Å². The lowest BCUT2D eigenvalue weighted by Gasteiger charge is -2.22. The molecule has 0 rings (SSSR count). The Morgan fingerprint density at radius 2 is 2.00 bits per heavy atom. The van der Waals surface area contributed by atoms with Crippen molar-refractivity contribution >= 4 is 18.0 Å². The van der Waals surface area contributed by atoms with Crippen molar-refractivity contribution < 1.29 is 34.1 Å². The molecule has 0 aromatic carbocycles. The van der Waals surface area contributed by atoms with E-state index in [9.17, 15) is 14.4 Å². The summed E-state index contributed by atoms with van der Waals surface area (Å²) in [5.74, 6) is -1.90. The standard InChI is InChI=1S/C12H22N2O7/c1-3-21-10(16)8-14(6-7-20-2)12(19)13-5-4-9(15)11(17)18/h9,15H,3-8H2,1-2H3,(H,13,19)(H,17,18). The number of carbonyl (C=O) groups excluding carboxylic acids is 2. The van der Waals surface area contributed by atoms with E-state index in [1.54, 1.807) is 6.92 Å². The molecule has 0 fully saturated rings. The van der Waals surface area contributed by atoms with E-state index in [2.05, 4.69) is 5.32 Å². The molecule has 0 spiro atoms. The van der Waals surface area contributed by atoms with Gasteiger partial charge >= 0.3 is 18.0 Å². The van der Waals surface area contributed by atoms with Gasteiger partial charge in [-0.3, -0.25) is 4.79 Å². The smallest absolute Gasteiger partial charge is 0.332 e. The van der Waals surface area contributed by atoms with Gasteiger partial charge in [0.15, 0.2) is 6.10 Å². The molecule has 3 N–H and O–H groups in total. The fourth-order valence-corrected chi connectivity index (χ4v) is 1.37. The van der Waals surface area contributed by atoms with Crippen LogP contribution in [-0.2, 0) is 19.1 Å². The number of rotatable bonds is 10. The van der Waals surface area contributed by atoms with E-state index in [-0.39, 0.29) is 39.3 Å². The molecule has 0 saturated heterocycles. The van der Waals surface area contributed by atoms with Gasteiger partial charge in [-0.15, -0.1) is 0 Å². The molecule has 1 atom stereocenters. The first kappa shape index (κ1) is 19.1. The average molecular weight is 306 g/mol. The number of aliphatic carboxylic acids is 1. The molecule has 1 unspecified atom stereocenters. The minimum absolute atomic E-state index is 0.0292. The van der Waals surface area contributed by atoms with Crippen molar-refractivity contribution in [3.05, 3.63) is 0 Å². The Morgan fingerprint density at radius 3 is 2.52 bits per heavy atom. The van der Waals surface area contributed by atoms with Gasteiger partial charge < -0.3 is 29.9 Å². The van der Waals surface area contributed by atoms with Crippen LogP contribution in [0.25, 0.3) is 0 Å². The Morgan fingerprint density at radius 1 is 1.33 bits per heavy atom. The monoisotopic (exact) mass is 306 g/mol. The molecule has 0 radical (unpaired) electrons. The first-order chi connectivity index (χ1) is 9.92. The number of methoxy groups -OCH3 is 1. The van der Waals surface area contributed by atoms with E-state index in [1.165, 1.54) is 12.0 Å². The Labute approximate surface area is 122 Å². The van der Waals surface area contributed by atoms with Crippen LogP contribution in [0.4, 0.5) is 4.79 Å². The van der Waals surface area contributed by atoms with Crippen molar-refractivity contribution in [1.82, 2.24) is 10.2 Å². The lowest BCUT2D eigenvalue weighted by atomic mass is 10.2. The largest absolute Gasteiger partial charge is 0.479 e. The number of hydrogen-bond donors (Lipinski definition) is 3. The molecule has 122 valence electrons. The summed E-state index contributed by atoms with van der Waals surface area (Å²) in [6.07, 6.45) is -1.67. The van der Waals surface area contributed by atoms with Crippen molar-refractivity contribution in [3.8, 4) is 0 Å². The summed E-state index contributed by atoms with van der Waals surface area (Å²) in [4.78, 5) is 34.9. The number of nitrogens with zero attached hydrogens (tertiary/aromatic N) is 1. The van der Waals surface area contributed by atoms with Crippen LogP contribution in [0.15, 0.2) is 0 Å². The predicted octanol–water partition coefficient (Wildman–Crippen LogP) is -0.957. The Bertz CT molecular complexity index is 348. The zero-order valence-electron chi connectivity index (χ0n) is 12.2. The van der Waals surface area contributed by atoms with Crippen LogP contribution in [0.5, 0.6) is 0 Å². The molecule has 0 aliphatic rings. The van der Waals surface area contributed by atoms with Gasteiger partial charge in [-0.2, -0.15) is 0 Å². The van der Waals surface area contributed by atoms with E-state index in [4.69, 9.17) is 19.7 Å². The molecular weight excluding hydrogens is 284 g/mol. The van der Waals surface area contributed by atoms with Crippen molar-refractivity contribution in [2.24, 2.45) is 0 Å².